The zero-order chi connectivity index (χ0) is 14.7. The van der Waals surface area contributed by atoms with Crippen molar-refractivity contribution in [2.75, 3.05) is 0 Å². The van der Waals surface area contributed by atoms with Crippen LogP contribution in [0.3, 0.4) is 0 Å². The SMILES string of the molecule is Cc1cccc([N+](=O)[O-])c1Oc1ccc(F)cc1C=O. The van der Waals surface area contributed by atoms with Gasteiger partial charge in [-0.05, 0) is 30.7 Å². The zero-order valence-electron chi connectivity index (χ0n) is 10.5. The summed E-state index contributed by atoms with van der Waals surface area (Å²) in [6.45, 7) is 1.65. The van der Waals surface area contributed by atoms with Crippen molar-refractivity contribution in [2.24, 2.45) is 0 Å². The van der Waals surface area contributed by atoms with Crippen molar-refractivity contribution < 1.29 is 18.8 Å². The van der Waals surface area contributed by atoms with Gasteiger partial charge in [-0.25, -0.2) is 4.39 Å². The predicted octanol–water partition coefficient (Wildman–Crippen LogP) is 3.65. The summed E-state index contributed by atoms with van der Waals surface area (Å²) in [5.41, 5.74) is 0.314. The van der Waals surface area contributed by atoms with Gasteiger partial charge in [-0.3, -0.25) is 14.9 Å². The highest BCUT2D eigenvalue weighted by atomic mass is 19.1. The number of halogens is 1. The fourth-order valence-electron chi connectivity index (χ4n) is 1.73. The number of carbonyl (C=O) groups excluding carboxylic acids is 1. The maximum absolute atomic E-state index is 13.0. The van der Waals surface area contributed by atoms with Gasteiger partial charge in [0.2, 0.25) is 5.75 Å². The molecule has 0 saturated carbocycles. The largest absolute Gasteiger partial charge is 0.449 e. The molecule has 0 N–H and O–H groups in total. The fraction of sp³-hybridized carbons (Fsp3) is 0.0714. The van der Waals surface area contributed by atoms with Gasteiger partial charge >= 0.3 is 5.69 Å². The minimum atomic E-state index is -0.585. The van der Waals surface area contributed by atoms with E-state index in [1.807, 2.05) is 0 Å². The molecule has 5 nitrogen and oxygen atoms in total. The third kappa shape index (κ3) is 2.64. The van der Waals surface area contributed by atoms with Crippen LogP contribution in [0.1, 0.15) is 15.9 Å². The van der Waals surface area contributed by atoms with Crippen molar-refractivity contribution in [2.45, 2.75) is 6.92 Å². The fourth-order valence-corrected chi connectivity index (χ4v) is 1.73. The maximum atomic E-state index is 13.0. The van der Waals surface area contributed by atoms with Crippen LogP contribution in [0.15, 0.2) is 36.4 Å². The van der Waals surface area contributed by atoms with Crippen molar-refractivity contribution in [3.05, 3.63) is 63.5 Å². The minimum absolute atomic E-state index is 0.0115. The molecule has 0 atom stereocenters. The molecule has 0 aliphatic heterocycles. The average molecular weight is 275 g/mol. The molecule has 0 heterocycles. The first-order valence-corrected chi connectivity index (χ1v) is 5.69. The van der Waals surface area contributed by atoms with Crippen molar-refractivity contribution in [3.63, 3.8) is 0 Å². The van der Waals surface area contributed by atoms with E-state index in [1.165, 1.54) is 18.2 Å². The molecule has 6 heteroatoms. The number of nitro benzene ring substituents is 1. The molecule has 2 rings (SSSR count). The Kier molecular flexibility index (Phi) is 3.74. The molecule has 0 saturated heterocycles. The molecule has 0 bridgehead atoms. The first kappa shape index (κ1) is 13.7. The Bertz CT molecular complexity index is 685. The summed E-state index contributed by atoms with van der Waals surface area (Å²) in [6.07, 6.45) is 0.433. The summed E-state index contributed by atoms with van der Waals surface area (Å²) in [5.74, 6) is -0.482. The standard InChI is InChI=1S/C14H10FNO4/c1-9-3-2-4-12(16(18)19)14(9)20-13-6-5-11(15)7-10(13)8-17/h2-8H,1H3. The van der Waals surface area contributed by atoms with Crippen molar-refractivity contribution >= 4 is 12.0 Å². The van der Waals surface area contributed by atoms with E-state index in [9.17, 15) is 19.3 Å². The van der Waals surface area contributed by atoms with Crippen LogP contribution in [0.25, 0.3) is 0 Å². The molecule has 2 aromatic rings. The first-order valence-electron chi connectivity index (χ1n) is 5.69. The van der Waals surface area contributed by atoms with Gasteiger partial charge in [-0.15, -0.1) is 0 Å². The monoisotopic (exact) mass is 275 g/mol. The molecule has 0 amide bonds. The summed E-state index contributed by atoms with van der Waals surface area (Å²) in [4.78, 5) is 21.3. The number of aldehydes is 1. The van der Waals surface area contributed by atoms with E-state index in [-0.39, 0.29) is 22.7 Å². The Morgan fingerprint density at radius 3 is 2.70 bits per heavy atom. The van der Waals surface area contributed by atoms with E-state index in [2.05, 4.69) is 0 Å². The number of rotatable bonds is 4. The maximum Gasteiger partial charge on any atom is 0.311 e. The number of aryl methyl sites for hydroxylation is 1. The number of carbonyl (C=O) groups is 1. The molecule has 0 aliphatic carbocycles. The van der Waals surface area contributed by atoms with E-state index in [1.54, 1.807) is 13.0 Å². The van der Waals surface area contributed by atoms with E-state index in [0.29, 0.717) is 11.8 Å². The number of benzene rings is 2. The molecule has 0 aliphatic rings. The van der Waals surface area contributed by atoms with Gasteiger partial charge in [0.1, 0.15) is 11.6 Å². The van der Waals surface area contributed by atoms with Crippen LogP contribution in [0.4, 0.5) is 10.1 Å². The second-order valence-corrected chi connectivity index (χ2v) is 4.08. The molecule has 0 fully saturated rings. The van der Waals surface area contributed by atoms with Gasteiger partial charge in [0.15, 0.2) is 6.29 Å². The number of hydrogen-bond acceptors (Lipinski definition) is 4. The molecular formula is C14H10FNO4. The molecule has 20 heavy (non-hydrogen) atoms. The Labute approximate surface area is 113 Å². The Balaban J connectivity index is 2.50. The van der Waals surface area contributed by atoms with Gasteiger partial charge in [0.25, 0.3) is 0 Å². The normalized spacial score (nSPS) is 10.1. The summed E-state index contributed by atoms with van der Waals surface area (Å²) in [7, 11) is 0. The summed E-state index contributed by atoms with van der Waals surface area (Å²) in [6, 6.07) is 7.86. The van der Waals surface area contributed by atoms with Gasteiger partial charge in [0, 0.05) is 6.07 Å². The lowest BCUT2D eigenvalue weighted by Gasteiger charge is -2.10. The van der Waals surface area contributed by atoms with E-state index in [0.717, 1.165) is 12.1 Å². The van der Waals surface area contributed by atoms with E-state index < -0.39 is 10.7 Å². The quantitative estimate of drug-likeness (QED) is 0.485. The first-order chi connectivity index (χ1) is 9.52. The third-order valence-electron chi connectivity index (χ3n) is 2.70. The predicted molar refractivity (Wildman–Crippen MR) is 69.7 cm³/mol. The van der Waals surface area contributed by atoms with Gasteiger partial charge < -0.3 is 4.74 Å². The Morgan fingerprint density at radius 1 is 1.30 bits per heavy atom. The molecule has 0 aromatic heterocycles. The molecule has 0 spiro atoms. The van der Waals surface area contributed by atoms with Gasteiger partial charge in [-0.1, -0.05) is 12.1 Å². The topological polar surface area (TPSA) is 69.4 Å². The van der Waals surface area contributed by atoms with Crippen LogP contribution in [-0.4, -0.2) is 11.2 Å². The molecule has 2 aromatic carbocycles. The molecule has 102 valence electrons. The highest BCUT2D eigenvalue weighted by Crippen LogP contribution is 2.35. The lowest BCUT2D eigenvalue weighted by molar-refractivity contribution is -0.385. The average Bonchev–Trinajstić information content (AvgIpc) is 2.42. The summed E-state index contributed by atoms with van der Waals surface area (Å²) >= 11 is 0. The number of ether oxygens (including phenoxy) is 1. The second-order valence-electron chi connectivity index (χ2n) is 4.08. The van der Waals surface area contributed by atoms with Crippen LogP contribution in [-0.2, 0) is 0 Å². The summed E-state index contributed by atoms with van der Waals surface area (Å²) < 4.78 is 18.5. The highest BCUT2D eigenvalue weighted by molar-refractivity contribution is 5.79. The Morgan fingerprint density at radius 2 is 2.05 bits per heavy atom. The van der Waals surface area contributed by atoms with Crippen molar-refractivity contribution in [1.29, 1.82) is 0 Å². The second kappa shape index (κ2) is 5.48. The Hall–Kier alpha value is -2.76. The summed E-state index contributed by atoms with van der Waals surface area (Å²) in [5, 5.41) is 11.0. The van der Waals surface area contributed by atoms with Crippen LogP contribution < -0.4 is 4.74 Å². The zero-order valence-corrected chi connectivity index (χ0v) is 10.5. The number of hydrogen-bond donors (Lipinski definition) is 0. The number of nitrogens with zero attached hydrogens (tertiary/aromatic N) is 1. The minimum Gasteiger partial charge on any atom is -0.449 e. The van der Waals surface area contributed by atoms with E-state index in [4.69, 9.17) is 4.74 Å². The van der Waals surface area contributed by atoms with Crippen molar-refractivity contribution in [3.8, 4) is 11.5 Å². The lowest BCUT2D eigenvalue weighted by atomic mass is 10.2. The van der Waals surface area contributed by atoms with Crippen LogP contribution in [0, 0.1) is 22.9 Å². The smallest absolute Gasteiger partial charge is 0.311 e. The third-order valence-corrected chi connectivity index (χ3v) is 2.70. The van der Waals surface area contributed by atoms with Crippen LogP contribution >= 0.6 is 0 Å². The van der Waals surface area contributed by atoms with E-state index >= 15 is 0 Å². The van der Waals surface area contributed by atoms with Gasteiger partial charge in [-0.2, -0.15) is 0 Å². The highest BCUT2D eigenvalue weighted by Gasteiger charge is 2.19. The number of para-hydroxylation sites is 1. The molecule has 0 radical (unpaired) electrons. The van der Waals surface area contributed by atoms with Crippen LogP contribution in [0.2, 0.25) is 0 Å². The van der Waals surface area contributed by atoms with Crippen LogP contribution in [0.5, 0.6) is 11.5 Å². The molecule has 0 unspecified atom stereocenters. The van der Waals surface area contributed by atoms with Gasteiger partial charge in [0.05, 0.1) is 10.5 Å². The molecular weight excluding hydrogens is 265 g/mol. The lowest BCUT2D eigenvalue weighted by Crippen LogP contribution is -1.98. The van der Waals surface area contributed by atoms with Crippen molar-refractivity contribution in [1.82, 2.24) is 0 Å². The number of nitro groups is 1.